The quantitative estimate of drug-likeness (QED) is 0.568. The van der Waals surface area contributed by atoms with Crippen LogP contribution in [0.4, 0.5) is 0 Å². The van der Waals surface area contributed by atoms with Gasteiger partial charge in [0.2, 0.25) is 0 Å². The summed E-state index contributed by atoms with van der Waals surface area (Å²) >= 11 is 0. The molecule has 4 heteroatoms. The Kier molecular flexibility index (Phi) is 6.46. The maximum atomic E-state index is 9.93. The minimum absolute atomic E-state index is 0. The van der Waals surface area contributed by atoms with E-state index in [1.165, 1.54) is 7.05 Å². The second kappa shape index (κ2) is 6.24. The average Bonchev–Trinajstić information content (AvgIpc) is 1.65. The first-order valence-corrected chi connectivity index (χ1v) is 1.37. The number of amides is 1. The summed E-state index contributed by atoms with van der Waals surface area (Å²) in [5.74, 6) is -0.778. The number of rotatable bonds is 1. The molecule has 37 valence electrons. The molecule has 0 bridgehead atoms. The van der Waals surface area contributed by atoms with Crippen molar-refractivity contribution >= 4 is 12.1 Å². The Morgan fingerprint density at radius 2 is 2.57 bits per heavy atom. The van der Waals surface area contributed by atoms with Gasteiger partial charge in [-0.25, -0.2) is 0 Å². The van der Waals surface area contributed by atoms with Crippen LogP contribution < -0.4 is 0 Å². The number of carbonyl (C=O) groups excluding carboxylic acids is 1. The van der Waals surface area contributed by atoms with Crippen LogP contribution in [0, 0.1) is 5.41 Å². The van der Waals surface area contributed by atoms with Gasteiger partial charge in [-0.05, 0) is 0 Å². The maximum Gasteiger partial charge on any atom is 0.0923 e. The zero-order valence-corrected chi connectivity index (χ0v) is 6.77. The number of hydrogen-bond donors (Lipinski definition) is 1. The van der Waals surface area contributed by atoms with E-state index >= 15 is 0 Å². The first-order valence-electron chi connectivity index (χ1n) is 1.87. The molecule has 0 heterocycles. The number of hydrogen-bond acceptors (Lipinski definition) is 2. The second-order valence-corrected chi connectivity index (χ2v) is 0.654. The molecule has 7 heavy (non-hydrogen) atoms. The molecule has 1 N–H and O–H groups in total. The predicted molar refractivity (Wildman–Crippen MR) is 23.1 cm³/mol. The van der Waals surface area contributed by atoms with Gasteiger partial charge >= 0.3 is 0 Å². The third-order valence-electron chi connectivity index (χ3n) is 0.310. The first-order chi connectivity index (χ1) is 3.18. The molecule has 0 saturated carbocycles. The van der Waals surface area contributed by atoms with Crippen LogP contribution in [0.25, 0.3) is 5.32 Å². The summed E-state index contributed by atoms with van der Waals surface area (Å²) in [7, 11) is 1.26. The van der Waals surface area contributed by atoms with Crippen LogP contribution in [-0.4, -0.2) is 19.1 Å². The number of nitrogens with zero attached hydrogens (tertiary/aromatic N) is 1. The first kappa shape index (κ1) is 7.24. The Hall–Kier alpha value is 0.244. The standard InChI is InChI=1S/C3H6N2O.Y/c1-5-3(6)2-4;/h2,4H,1H3,(H,5,6);/p-1/i2T;. The van der Waals surface area contributed by atoms with Crippen molar-refractivity contribution in [2.75, 3.05) is 7.05 Å². The summed E-state index contributed by atoms with van der Waals surface area (Å²) in [5, 5.41) is 9.36. The third kappa shape index (κ3) is 6.24. The van der Waals surface area contributed by atoms with E-state index in [4.69, 9.17) is 6.78 Å². The fraction of sp³-hybridized carbons (Fsp3) is 0.333. The Morgan fingerprint density at radius 1 is 2.14 bits per heavy atom. The Bertz CT molecular complexity index is 105. The van der Waals surface area contributed by atoms with Crippen molar-refractivity contribution < 1.29 is 38.9 Å². The van der Waals surface area contributed by atoms with E-state index in [0.717, 1.165) is 0 Å². The third-order valence-corrected chi connectivity index (χ3v) is 0.310. The molecule has 0 aliphatic rings. The molecule has 0 rings (SSSR count). The second-order valence-electron chi connectivity index (χ2n) is 0.654. The molecule has 0 fully saturated rings. The summed E-state index contributed by atoms with van der Waals surface area (Å²) in [5.41, 5.74) is 0. The fourth-order valence-electron chi connectivity index (χ4n) is 0.0559. The summed E-state index contributed by atoms with van der Waals surface area (Å²) < 4.78 is 6.32. The topological polar surface area (TPSA) is 55.0 Å². The van der Waals surface area contributed by atoms with Crippen LogP contribution in [0.3, 0.4) is 0 Å². The van der Waals surface area contributed by atoms with E-state index in [9.17, 15) is 4.79 Å². The Labute approximate surface area is 68.7 Å². The summed E-state index contributed by atoms with van der Waals surface area (Å²) in [6.07, 6.45) is -0.762. The minimum Gasteiger partial charge on any atom is -0.651 e. The monoisotopic (exact) mass is 176 g/mol. The van der Waals surface area contributed by atoms with Crippen molar-refractivity contribution in [3.8, 4) is 0 Å². The van der Waals surface area contributed by atoms with Crippen LogP contribution in [-0.2, 0) is 37.5 Å². The summed E-state index contributed by atoms with van der Waals surface area (Å²) in [6, 6.07) is 0. The van der Waals surface area contributed by atoms with Gasteiger partial charge in [0.15, 0.2) is 0 Å². The molecule has 0 aromatic rings. The molecule has 0 aliphatic carbocycles. The van der Waals surface area contributed by atoms with Crippen LogP contribution in [0.15, 0.2) is 0 Å². The van der Waals surface area contributed by atoms with Gasteiger partial charge in [-0.1, -0.05) is 0 Å². The van der Waals surface area contributed by atoms with Crippen molar-refractivity contribution in [3.63, 3.8) is 0 Å². The van der Waals surface area contributed by atoms with Gasteiger partial charge in [0.05, 0.1) is 7.28 Å². The van der Waals surface area contributed by atoms with Gasteiger partial charge < -0.3 is 15.5 Å². The molecule has 3 nitrogen and oxygen atoms in total. The van der Waals surface area contributed by atoms with Crippen molar-refractivity contribution in [2.45, 2.75) is 0 Å². The normalized spacial score (nSPS) is 7.86. The van der Waals surface area contributed by atoms with E-state index in [0.29, 0.717) is 0 Å². The zero-order valence-electron chi connectivity index (χ0n) is 4.93. The van der Waals surface area contributed by atoms with Gasteiger partial charge in [0.25, 0.3) is 0 Å². The predicted octanol–water partition coefficient (Wildman–Crippen LogP) is 0.164. The Balaban J connectivity index is 0. The van der Waals surface area contributed by atoms with Crippen molar-refractivity contribution in [2.24, 2.45) is 0 Å². The van der Waals surface area contributed by atoms with Crippen LogP contribution in [0.2, 0.25) is 0 Å². The molecular formula is C3H5N2OY-. The van der Waals surface area contributed by atoms with Gasteiger partial charge in [-0.2, -0.15) is 0 Å². The van der Waals surface area contributed by atoms with E-state index in [1.54, 1.807) is 0 Å². The minimum atomic E-state index is -0.778. The molecule has 0 unspecified atom stereocenters. The molecule has 0 spiro atoms. The zero-order chi connectivity index (χ0) is 5.86. The maximum absolute atomic E-state index is 9.93. The van der Waals surface area contributed by atoms with Crippen LogP contribution >= 0.6 is 0 Å². The average molecular weight is 176 g/mol. The summed E-state index contributed by atoms with van der Waals surface area (Å²) in [6.45, 7) is 0. The van der Waals surface area contributed by atoms with E-state index in [2.05, 4.69) is 5.32 Å². The van der Waals surface area contributed by atoms with Crippen molar-refractivity contribution in [3.05, 3.63) is 5.32 Å². The van der Waals surface area contributed by atoms with Crippen molar-refractivity contribution in [1.82, 2.24) is 0 Å². The van der Waals surface area contributed by atoms with Crippen LogP contribution in [0.1, 0.15) is 1.37 Å². The molecule has 0 aromatic heterocycles. The molecule has 0 aliphatic heterocycles. The van der Waals surface area contributed by atoms with E-state index < -0.39 is 12.1 Å². The van der Waals surface area contributed by atoms with E-state index in [1.807, 2.05) is 0 Å². The smallest absolute Gasteiger partial charge is 0.0923 e. The van der Waals surface area contributed by atoms with E-state index in [-0.39, 0.29) is 32.7 Å². The van der Waals surface area contributed by atoms with Crippen molar-refractivity contribution in [1.29, 1.82) is 5.41 Å². The molecular weight excluding hydrogens is 169 g/mol. The van der Waals surface area contributed by atoms with Gasteiger partial charge in [0.1, 0.15) is 0 Å². The van der Waals surface area contributed by atoms with Gasteiger partial charge in [0, 0.05) is 38.9 Å². The molecule has 1 amide bonds. The Morgan fingerprint density at radius 3 is 2.57 bits per heavy atom. The molecule has 0 aromatic carbocycles. The van der Waals surface area contributed by atoms with Gasteiger partial charge in [-0.15, -0.1) is 7.05 Å². The SMILES string of the molecule is [3H]C(=N)C(=O)[N-]C.[Y]. The number of nitrogens with one attached hydrogen (secondary N) is 1. The molecule has 1 radical (unpaired) electrons. The van der Waals surface area contributed by atoms with Crippen LogP contribution in [0.5, 0.6) is 0 Å². The summed E-state index contributed by atoms with van der Waals surface area (Å²) in [4.78, 5) is 9.93. The molecule has 0 atom stereocenters. The van der Waals surface area contributed by atoms with Gasteiger partial charge in [-0.3, -0.25) is 0 Å². The molecule has 0 saturated heterocycles. The largest absolute Gasteiger partial charge is 0.651 e. The number of carbonyl (C=O) groups is 1. The fourth-order valence-corrected chi connectivity index (χ4v) is 0.0559.